The maximum Gasteiger partial charge on any atom is 0.255 e. The molecule has 1 aliphatic carbocycles. The van der Waals surface area contributed by atoms with Crippen molar-refractivity contribution in [1.82, 2.24) is 5.32 Å². The van der Waals surface area contributed by atoms with E-state index in [1.165, 1.54) is 12.1 Å². The molecule has 2 rings (SSSR count). The third-order valence-corrected chi connectivity index (χ3v) is 3.41. The van der Waals surface area contributed by atoms with Crippen LogP contribution in [0, 0.1) is 0 Å². The first-order valence-electron chi connectivity index (χ1n) is 6.57. The zero-order valence-corrected chi connectivity index (χ0v) is 11.5. The van der Waals surface area contributed by atoms with E-state index in [0.29, 0.717) is 17.7 Å². The molecule has 5 heteroatoms. The molecule has 0 atom stereocenters. The molecule has 5 nitrogen and oxygen atoms in total. The van der Waals surface area contributed by atoms with Gasteiger partial charge in [0.15, 0.2) is 17.3 Å². The fraction of sp³-hybridized carbons (Fsp3) is 0.333. The van der Waals surface area contributed by atoms with Gasteiger partial charge in [0.05, 0.1) is 5.57 Å². The molecule has 0 fully saturated rings. The van der Waals surface area contributed by atoms with E-state index in [-0.39, 0.29) is 22.6 Å². The number of hydrogen-bond donors (Lipinski definition) is 3. The molecule has 0 aliphatic heterocycles. The molecule has 3 N–H and O–H groups in total. The number of Topliss-reactive ketones (excluding diaryl/α,β-unsaturated/α-hetero) is 1. The number of amides is 1. The molecule has 0 saturated heterocycles. The standard InChI is InChI=1S/C15H17NO4/c1-3-4-5-16-15(20)13-8(2)9-6-11(17)12(18)7-10(9)14(13)19/h6-7,17-18H,3-5H2,1-2H3,(H,16,20). The average molecular weight is 275 g/mol. The molecule has 106 valence electrons. The summed E-state index contributed by atoms with van der Waals surface area (Å²) in [7, 11) is 0. The number of ketones is 1. The van der Waals surface area contributed by atoms with Crippen LogP contribution < -0.4 is 5.32 Å². The fourth-order valence-electron chi connectivity index (χ4n) is 2.26. The minimum absolute atomic E-state index is 0.0844. The van der Waals surface area contributed by atoms with Gasteiger partial charge in [0.1, 0.15) is 0 Å². The molecule has 1 aromatic rings. The summed E-state index contributed by atoms with van der Waals surface area (Å²) in [5, 5.41) is 21.7. The summed E-state index contributed by atoms with van der Waals surface area (Å²) >= 11 is 0. The van der Waals surface area contributed by atoms with Crippen molar-refractivity contribution in [3.8, 4) is 11.5 Å². The van der Waals surface area contributed by atoms with Gasteiger partial charge < -0.3 is 15.5 Å². The van der Waals surface area contributed by atoms with Crippen LogP contribution in [0.1, 0.15) is 42.6 Å². The van der Waals surface area contributed by atoms with E-state index < -0.39 is 11.7 Å². The molecule has 0 unspecified atom stereocenters. The van der Waals surface area contributed by atoms with E-state index in [0.717, 1.165) is 12.8 Å². The Morgan fingerprint density at radius 2 is 1.80 bits per heavy atom. The predicted molar refractivity (Wildman–Crippen MR) is 74.6 cm³/mol. The number of nitrogens with one attached hydrogen (secondary N) is 1. The van der Waals surface area contributed by atoms with Gasteiger partial charge in [0.2, 0.25) is 0 Å². The normalized spacial score (nSPS) is 13.6. The van der Waals surface area contributed by atoms with Crippen molar-refractivity contribution in [1.29, 1.82) is 0 Å². The SMILES string of the molecule is CCCCNC(=O)C1=C(C)c2cc(O)c(O)cc2C1=O. The topological polar surface area (TPSA) is 86.6 Å². The van der Waals surface area contributed by atoms with E-state index in [9.17, 15) is 19.8 Å². The number of rotatable bonds is 4. The highest BCUT2D eigenvalue weighted by atomic mass is 16.3. The highest BCUT2D eigenvalue weighted by Crippen LogP contribution is 2.38. The Hall–Kier alpha value is -2.30. The Labute approximate surface area is 116 Å². The Bertz CT molecular complexity index is 617. The summed E-state index contributed by atoms with van der Waals surface area (Å²) in [6.07, 6.45) is 1.80. The summed E-state index contributed by atoms with van der Waals surface area (Å²) in [5.41, 5.74) is 1.35. The van der Waals surface area contributed by atoms with Gasteiger partial charge in [-0.25, -0.2) is 0 Å². The van der Waals surface area contributed by atoms with Crippen LogP contribution in [0.2, 0.25) is 0 Å². The van der Waals surface area contributed by atoms with Crippen LogP contribution in [0.4, 0.5) is 0 Å². The number of aromatic hydroxyl groups is 2. The van der Waals surface area contributed by atoms with Gasteiger partial charge in [-0.15, -0.1) is 0 Å². The molecule has 1 aromatic carbocycles. The van der Waals surface area contributed by atoms with Crippen molar-refractivity contribution in [2.45, 2.75) is 26.7 Å². The number of phenols is 2. The quantitative estimate of drug-likeness (QED) is 0.445. The Balaban J connectivity index is 2.33. The first-order chi connectivity index (χ1) is 9.47. The van der Waals surface area contributed by atoms with Crippen molar-refractivity contribution >= 4 is 17.3 Å². The minimum atomic E-state index is -0.415. The van der Waals surface area contributed by atoms with Gasteiger partial charge >= 0.3 is 0 Å². The number of carbonyl (C=O) groups is 2. The second-order valence-electron chi connectivity index (χ2n) is 4.83. The van der Waals surface area contributed by atoms with Gasteiger partial charge in [0.25, 0.3) is 5.91 Å². The van der Waals surface area contributed by atoms with Crippen molar-refractivity contribution in [3.63, 3.8) is 0 Å². The Morgan fingerprint density at radius 1 is 1.20 bits per heavy atom. The lowest BCUT2D eigenvalue weighted by Crippen LogP contribution is -2.28. The van der Waals surface area contributed by atoms with E-state index >= 15 is 0 Å². The highest BCUT2D eigenvalue weighted by Gasteiger charge is 2.32. The minimum Gasteiger partial charge on any atom is -0.504 e. The summed E-state index contributed by atoms with van der Waals surface area (Å²) < 4.78 is 0. The largest absolute Gasteiger partial charge is 0.504 e. The number of hydrogen-bond acceptors (Lipinski definition) is 4. The molecular formula is C15H17NO4. The lowest BCUT2D eigenvalue weighted by atomic mass is 10.1. The van der Waals surface area contributed by atoms with Gasteiger partial charge in [0, 0.05) is 12.1 Å². The first-order valence-corrected chi connectivity index (χ1v) is 6.57. The monoisotopic (exact) mass is 275 g/mol. The summed E-state index contributed by atoms with van der Waals surface area (Å²) in [6, 6.07) is 2.51. The molecule has 0 bridgehead atoms. The molecule has 1 amide bonds. The van der Waals surface area contributed by atoms with Crippen molar-refractivity contribution < 1.29 is 19.8 Å². The molecule has 0 aromatic heterocycles. The molecule has 0 radical (unpaired) electrons. The van der Waals surface area contributed by atoms with Crippen LogP contribution in [-0.4, -0.2) is 28.4 Å². The van der Waals surface area contributed by atoms with E-state index in [1.807, 2.05) is 6.92 Å². The third-order valence-electron chi connectivity index (χ3n) is 3.41. The molecule has 1 aliphatic rings. The number of carbonyl (C=O) groups excluding carboxylic acids is 2. The van der Waals surface area contributed by atoms with Crippen molar-refractivity contribution in [3.05, 3.63) is 28.8 Å². The zero-order valence-electron chi connectivity index (χ0n) is 11.5. The maximum atomic E-state index is 12.2. The molecular weight excluding hydrogens is 258 g/mol. The third kappa shape index (κ3) is 2.27. The lowest BCUT2D eigenvalue weighted by molar-refractivity contribution is -0.117. The first kappa shape index (κ1) is 14.1. The number of benzene rings is 1. The predicted octanol–water partition coefficient (Wildman–Crippen LogP) is 1.98. The Morgan fingerprint density at radius 3 is 2.40 bits per heavy atom. The molecule has 20 heavy (non-hydrogen) atoms. The smallest absolute Gasteiger partial charge is 0.255 e. The number of phenolic OH excluding ortho intramolecular Hbond substituents is 2. The van der Waals surface area contributed by atoms with Gasteiger partial charge in [-0.2, -0.15) is 0 Å². The van der Waals surface area contributed by atoms with Crippen LogP contribution in [0.15, 0.2) is 17.7 Å². The van der Waals surface area contributed by atoms with Gasteiger partial charge in [-0.05, 0) is 36.6 Å². The van der Waals surface area contributed by atoms with Crippen molar-refractivity contribution in [2.24, 2.45) is 0 Å². The van der Waals surface area contributed by atoms with Crippen LogP contribution in [0.3, 0.4) is 0 Å². The fourth-order valence-corrected chi connectivity index (χ4v) is 2.26. The number of unbranched alkanes of at least 4 members (excludes halogenated alkanes) is 1. The van der Waals surface area contributed by atoms with E-state index in [1.54, 1.807) is 6.92 Å². The van der Waals surface area contributed by atoms with Gasteiger partial charge in [-0.3, -0.25) is 9.59 Å². The van der Waals surface area contributed by atoms with Crippen LogP contribution in [0.5, 0.6) is 11.5 Å². The summed E-state index contributed by atoms with van der Waals surface area (Å²) in [4.78, 5) is 24.3. The summed E-state index contributed by atoms with van der Waals surface area (Å²) in [6.45, 7) is 4.19. The highest BCUT2D eigenvalue weighted by molar-refractivity contribution is 6.34. The second kappa shape index (κ2) is 5.36. The average Bonchev–Trinajstić information content (AvgIpc) is 2.63. The number of allylic oxidation sites excluding steroid dienone is 1. The maximum absolute atomic E-state index is 12.2. The van der Waals surface area contributed by atoms with Crippen LogP contribution in [-0.2, 0) is 4.79 Å². The zero-order chi connectivity index (χ0) is 14.9. The van der Waals surface area contributed by atoms with E-state index in [2.05, 4.69) is 5.32 Å². The molecule has 0 heterocycles. The van der Waals surface area contributed by atoms with E-state index in [4.69, 9.17) is 0 Å². The Kier molecular flexibility index (Phi) is 3.79. The molecule has 0 saturated carbocycles. The van der Waals surface area contributed by atoms with Crippen LogP contribution >= 0.6 is 0 Å². The molecule has 0 spiro atoms. The van der Waals surface area contributed by atoms with Crippen molar-refractivity contribution in [2.75, 3.05) is 6.54 Å². The summed E-state index contributed by atoms with van der Waals surface area (Å²) in [5.74, 6) is -1.49. The number of fused-ring (bicyclic) bond motifs is 1. The second-order valence-corrected chi connectivity index (χ2v) is 4.83. The van der Waals surface area contributed by atoms with Gasteiger partial charge in [-0.1, -0.05) is 13.3 Å². The lowest BCUT2D eigenvalue weighted by Gasteiger charge is -2.05. The van der Waals surface area contributed by atoms with Crippen LogP contribution in [0.25, 0.3) is 5.57 Å².